The third kappa shape index (κ3) is 2.38. The van der Waals surface area contributed by atoms with E-state index in [-0.39, 0.29) is 0 Å². The summed E-state index contributed by atoms with van der Waals surface area (Å²) in [6, 6.07) is 10.7. The molecule has 1 aromatic heterocycles. The molecule has 0 radical (unpaired) electrons. The van der Waals surface area contributed by atoms with Gasteiger partial charge >= 0.3 is 0 Å². The summed E-state index contributed by atoms with van der Waals surface area (Å²) < 4.78 is 1.02. The number of rotatable bonds is 3. The maximum atomic E-state index is 4.62. The maximum Gasteiger partial charge on any atom is 0.137 e. The predicted molar refractivity (Wildman–Crippen MR) is 81.9 cm³/mol. The molecule has 2 heterocycles. The normalized spacial score (nSPS) is 13.7. The summed E-state index contributed by atoms with van der Waals surface area (Å²) in [5, 5.41) is 3.21. The van der Waals surface area contributed by atoms with Crippen LogP contribution in [0, 0.1) is 0 Å². The highest BCUT2D eigenvalue weighted by Crippen LogP contribution is 2.35. The van der Waals surface area contributed by atoms with Crippen LogP contribution in [0.5, 0.6) is 0 Å². The number of halogens is 1. The summed E-state index contributed by atoms with van der Waals surface area (Å²) >= 11 is 3.50. The van der Waals surface area contributed by atoms with Gasteiger partial charge in [0.2, 0.25) is 0 Å². The monoisotopic (exact) mass is 317 g/mol. The van der Waals surface area contributed by atoms with Gasteiger partial charge in [-0.25, -0.2) is 4.98 Å². The number of fused-ring (bicyclic) bond motifs is 1. The molecular weight excluding hydrogens is 302 g/mol. The highest BCUT2D eigenvalue weighted by molar-refractivity contribution is 9.10. The molecule has 0 amide bonds. The fraction of sp³-hybridized carbons (Fsp3) is 0.267. The van der Waals surface area contributed by atoms with Crippen LogP contribution >= 0.6 is 15.9 Å². The van der Waals surface area contributed by atoms with Crippen molar-refractivity contribution >= 4 is 27.4 Å². The fourth-order valence-electron chi connectivity index (χ4n) is 2.60. The van der Waals surface area contributed by atoms with E-state index in [9.17, 15) is 0 Å². The summed E-state index contributed by atoms with van der Waals surface area (Å²) in [7, 11) is 1.96. The van der Waals surface area contributed by atoms with E-state index in [4.69, 9.17) is 0 Å². The number of nitrogens with zero attached hydrogens (tertiary/aromatic N) is 2. The first kappa shape index (κ1) is 12.6. The Balaban J connectivity index is 2.04. The van der Waals surface area contributed by atoms with Gasteiger partial charge in [0.25, 0.3) is 0 Å². The zero-order valence-corrected chi connectivity index (χ0v) is 12.4. The second-order valence-corrected chi connectivity index (χ2v) is 5.61. The number of pyridine rings is 1. The van der Waals surface area contributed by atoms with Crippen LogP contribution in [-0.4, -0.2) is 18.6 Å². The highest BCUT2D eigenvalue weighted by atomic mass is 79.9. The van der Waals surface area contributed by atoms with Crippen molar-refractivity contribution in [3.05, 3.63) is 52.1 Å². The van der Waals surface area contributed by atoms with Crippen molar-refractivity contribution in [3.63, 3.8) is 0 Å². The van der Waals surface area contributed by atoms with Crippen LogP contribution in [0.2, 0.25) is 0 Å². The van der Waals surface area contributed by atoms with Gasteiger partial charge in [0.05, 0.1) is 0 Å². The van der Waals surface area contributed by atoms with Crippen molar-refractivity contribution in [2.75, 3.05) is 18.5 Å². The molecule has 1 aromatic carbocycles. The van der Waals surface area contributed by atoms with Crippen LogP contribution in [-0.2, 0) is 13.0 Å². The smallest absolute Gasteiger partial charge is 0.137 e. The summed E-state index contributed by atoms with van der Waals surface area (Å²) in [6.45, 7) is 1.82. The zero-order valence-electron chi connectivity index (χ0n) is 10.9. The quantitative estimate of drug-likeness (QED) is 0.941. The first-order valence-electron chi connectivity index (χ1n) is 6.44. The number of aromatic nitrogens is 1. The molecule has 0 saturated carbocycles. The van der Waals surface area contributed by atoms with Crippen LogP contribution in [0.25, 0.3) is 0 Å². The molecule has 19 heavy (non-hydrogen) atoms. The van der Waals surface area contributed by atoms with Crippen LogP contribution in [0.15, 0.2) is 41.0 Å². The Morgan fingerprint density at radius 1 is 1.37 bits per heavy atom. The van der Waals surface area contributed by atoms with E-state index in [1.807, 2.05) is 13.2 Å². The predicted octanol–water partition coefficient (Wildman–Crippen LogP) is 3.26. The summed E-state index contributed by atoms with van der Waals surface area (Å²) in [6.07, 6.45) is 2.96. The Morgan fingerprint density at radius 3 is 3.05 bits per heavy atom. The van der Waals surface area contributed by atoms with Crippen molar-refractivity contribution in [1.82, 2.24) is 10.3 Å². The Kier molecular flexibility index (Phi) is 3.53. The summed E-state index contributed by atoms with van der Waals surface area (Å²) in [5.74, 6) is 1.06. The van der Waals surface area contributed by atoms with Crippen molar-refractivity contribution in [2.24, 2.45) is 0 Å². The molecule has 98 valence electrons. The first-order valence-corrected chi connectivity index (χ1v) is 7.23. The molecule has 0 bridgehead atoms. The van der Waals surface area contributed by atoms with E-state index in [0.29, 0.717) is 0 Å². The minimum Gasteiger partial charge on any atom is -0.326 e. The van der Waals surface area contributed by atoms with Gasteiger partial charge in [0, 0.05) is 35.0 Å². The Labute approximate surface area is 121 Å². The standard InChI is InChI=1S/C15H16BrN3/c1-17-9-12-8-13(16)10-18-15(12)19-7-6-11-4-2-3-5-14(11)19/h2-5,8,10,17H,6-7,9H2,1H3. The number of nitrogens with one attached hydrogen (secondary N) is 1. The lowest BCUT2D eigenvalue weighted by Gasteiger charge is -2.21. The molecule has 3 rings (SSSR count). The highest BCUT2D eigenvalue weighted by Gasteiger charge is 2.22. The zero-order chi connectivity index (χ0) is 13.2. The van der Waals surface area contributed by atoms with Gasteiger partial charge in [-0.3, -0.25) is 0 Å². The van der Waals surface area contributed by atoms with Gasteiger partial charge < -0.3 is 10.2 Å². The number of anilines is 2. The van der Waals surface area contributed by atoms with Gasteiger partial charge in [-0.1, -0.05) is 18.2 Å². The van der Waals surface area contributed by atoms with E-state index in [2.05, 4.69) is 61.5 Å². The molecule has 0 spiro atoms. The Morgan fingerprint density at radius 2 is 2.21 bits per heavy atom. The second-order valence-electron chi connectivity index (χ2n) is 4.70. The van der Waals surface area contributed by atoms with Gasteiger partial charge in [-0.05, 0) is 47.1 Å². The van der Waals surface area contributed by atoms with E-state index in [1.165, 1.54) is 16.8 Å². The number of benzene rings is 1. The molecule has 2 aromatic rings. The third-order valence-electron chi connectivity index (χ3n) is 3.42. The lowest BCUT2D eigenvalue weighted by Crippen LogP contribution is -2.19. The van der Waals surface area contributed by atoms with Crippen LogP contribution < -0.4 is 10.2 Å². The topological polar surface area (TPSA) is 28.2 Å². The molecule has 0 saturated heterocycles. The number of hydrogen-bond donors (Lipinski definition) is 1. The maximum absolute atomic E-state index is 4.62. The molecule has 0 atom stereocenters. The molecule has 4 heteroatoms. The summed E-state index contributed by atoms with van der Waals surface area (Å²) in [5.41, 5.74) is 3.91. The average Bonchev–Trinajstić information content (AvgIpc) is 2.83. The summed E-state index contributed by atoms with van der Waals surface area (Å²) in [4.78, 5) is 6.93. The molecule has 0 fully saturated rings. The van der Waals surface area contributed by atoms with Crippen molar-refractivity contribution < 1.29 is 0 Å². The third-order valence-corrected chi connectivity index (χ3v) is 3.85. The minimum absolute atomic E-state index is 0.820. The van der Waals surface area contributed by atoms with E-state index in [1.54, 1.807) is 0 Å². The molecule has 1 aliphatic rings. The van der Waals surface area contributed by atoms with Crippen molar-refractivity contribution in [2.45, 2.75) is 13.0 Å². The van der Waals surface area contributed by atoms with Gasteiger partial charge in [0.15, 0.2) is 0 Å². The van der Waals surface area contributed by atoms with Crippen LogP contribution in [0.3, 0.4) is 0 Å². The average molecular weight is 318 g/mol. The molecule has 1 aliphatic heterocycles. The van der Waals surface area contributed by atoms with E-state index in [0.717, 1.165) is 29.8 Å². The van der Waals surface area contributed by atoms with Crippen molar-refractivity contribution in [1.29, 1.82) is 0 Å². The van der Waals surface area contributed by atoms with Crippen LogP contribution in [0.4, 0.5) is 11.5 Å². The first-order chi connectivity index (χ1) is 9.29. The van der Waals surface area contributed by atoms with Gasteiger partial charge in [0.1, 0.15) is 5.82 Å². The number of para-hydroxylation sites is 1. The number of hydrogen-bond acceptors (Lipinski definition) is 3. The largest absolute Gasteiger partial charge is 0.326 e. The molecule has 1 N–H and O–H groups in total. The molecule has 0 unspecified atom stereocenters. The molecule has 0 aliphatic carbocycles. The minimum atomic E-state index is 0.820. The SMILES string of the molecule is CNCc1cc(Br)cnc1N1CCc2ccccc21. The lowest BCUT2D eigenvalue weighted by molar-refractivity contribution is 0.805. The second kappa shape index (κ2) is 5.31. The Bertz CT molecular complexity index is 598. The van der Waals surface area contributed by atoms with Crippen LogP contribution in [0.1, 0.15) is 11.1 Å². The Hall–Kier alpha value is -1.39. The fourth-order valence-corrected chi connectivity index (χ4v) is 2.97. The molecular formula is C15H16BrN3. The lowest BCUT2D eigenvalue weighted by atomic mass is 10.2. The van der Waals surface area contributed by atoms with E-state index >= 15 is 0 Å². The van der Waals surface area contributed by atoms with Gasteiger partial charge in [-0.15, -0.1) is 0 Å². The van der Waals surface area contributed by atoms with E-state index < -0.39 is 0 Å². The van der Waals surface area contributed by atoms with Gasteiger partial charge in [-0.2, -0.15) is 0 Å². The van der Waals surface area contributed by atoms with Crippen molar-refractivity contribution in [3.8, 4) is 0 Å². The molecule has 3 nitrogen and oxygen atoms in total.